The van der Waals surface area contributed by atoms with Gasteiger partial charge in [-0.05, 0) is 0 Å². The summed E-state index contributed by atoms with van der Waals surface area (Å²) in [6.07, 6.45) is 2.42. The Morgan fingerprint density at radius 1 is 1.78 bits per heavy atom. The zero-order valence-corrected chi connectivity index (χ0v) is 4.87. The molecule has 0 aromatic rings. The molecule has 49 valence electrons. The molecule has 0 spiro atoms. The molecule has 1 rings (SSSR count). The minimum Gasteiger partial charge on any atom is -0.430 e. The predicted molar refractivity (Wildman–Crippen MR) is 30.7 cm³/mol. The van der Waals surface area contributed by atoms with Crippen molar-refractivity contribution in [3.05, 3.63) is 19.1 Å². The van der Waals surface area contributed by atoms with Crippen molar-refractivity contribution in [2.75, 3.05) is 6.61 Å². The van der Waals surface area contributed by atoms with Gasteiger partial charge in [0.25, 0.3) is 0 Å². The number of hydrogen-bond acceptors (Lipinski definition) is 3. The highest BCUT2D eigenvalue weighted by molar-refractivity contribution is 5.62. The second-order valence-electron chi connectivity index (χ2n) is 1.65. The number of carbonyl (C=O) groups is 1. The van der Waals surface area contributed by atoms with Crippen LogP contribution >= 0.6 is 0 Å². The lowest BCUT2D eigenvalue weighted by atomic mass is 10.3. The molecule has 1 unspecified atom stereocenters. The van der Waals surface area contributed by atoms with E-state index in [1.807, 2.05) is 0 Å². The van der Waals surface area contributed by atoms with Crippen LogP contribution < -0.4 is 0 Å². The lowest BCUT2D eigenvalue weighted by molar-refractivity contribution is 0.124. The van der Waals surface area contributed by atoms with Crippen LogP contribution in [-0.4, -0.2) is 18.9 Å². The van der Waals surface area contributed by atoms with Gasteiger partial charge in [-0.2, -0.15) is 0 Å². The van der Waals surface area contributed by atoms with Gasteiger partial charge in [-0.1, -0.05) is 6.08 Å². The minimum atomic E-state index is -0.599. The maximum absolute atomic E-state index is 10.2. The molecular formula is C6H7O3. The molecule has 0 bridgehead atoms. The molecule has 3 heteroatoms. The molecule has 1 fully saturated rings. The smallest absolute Gasteiger partial charge is 0.430 e. The molecule has 1 aliphatic rings. The van der Waals surface area contributed by atoms with E-state index in [0.717, 1.165) is 0 Å². The van der Waals surface area contributed by atoms with Crippen LogP contribution in [-0.2, 0) is 9.47 Å². The van der Waals surface area contributed by atoms with E-state index in [-0.39, 0.29) is 6.10 Å². The zero-order chi connectivity index (χ0) is 6.69. The van der Waals surface area contributed by atoms with Gasteiger partial charge in [-0.25, -0.2) is 4.79 Å². The molecule has 1 saturated heterocycles. The van der Waals surface area contributed by atoms with Crippen molar-refractivity contribution >= 4 is 6.16 Å². The van der Waals surface area contributed by atoms with Crippen molar-refractivity contribution in [1.29, 1.82) is 0 Å². The van der Waals surface area contributed by atoms with E-state index < -0.39 is 6.16 Å². The van der Waals surface area contributed by atoms with Gasteiger partial charge in [0.2, 0.25) is 0 Å². The van der Waals surface area contributed by atoms with E-state index in [2.05, 4.69) is 16.1 Å². The third-order valence-corrected chi connectivity index (χ3v) is 0.964. The van der Waals surface area contributed by atoms with Crippen LogP contribution in [0, 0.1) is 6.42 Å². The van der Waals surface area contributed by atoms with Crippen molar-refractivity contribution in [2.45, 2.75) is 6.10 Å². The first-order chi connectivity index (χ1) is 4.33. The van der Waals surface area contributed by atoms with Crippen LogP contribution in [0.2, 0.25) is 0 Å². The SMILES string of the molecule is C=C[CH]C1COC(=O)O1. The van der Waals surface area contributed by atoms with Gasteiger partial charge < -0.3 is 9.47 Å². The van der Waals surface area contributed by atoms with Gasteiger partial charge in [0.1, 0.15) is 12.7 Å². The van der Waals surface area contributed by atoms with Gasteiger partial charge in [-0.15, -0.1) is 6.58 Å². The van der Waals surface area contributed by atoms with E-state index in [1.165, 1.54) is 0 Å². The van der Waals surface area contributed by atoms with Gasteiger partial charge in [0.15, 0.2) is 0 Å². The molecule has 9 heavy (non-hydrogen) atoms. The first kappa shape index (κ1) is 6.13. The zero-order valence-electron chi connectivity index (χ0n) is 4.87. The molecule has 0 N–H and O–H groups in total. The quantitative estimate of drug-likeness (QED) is 0.517. The van der Waals surface area contributed by atoms with Gasteiger partial charge in [0.05, 0.1) is 0 Å². The molecular weight excluding hydrogens is 120 g/mol. The maximum Gasteiger partial charge on any atom is 0.508 e. The third kappa shape index (κ3) is 1.45. The average molecular weight is 127 g/mol. The topological polar surface area (TPSA) is 35.5 Å². The van der Waals surface area contributed by atoms with E-state index in [0.29, 0.717) is 6.61 Å². The summed E-state index contributed by atoms with van der Waals surface area (Å²) in [4.78, 5) is 10.2. The summed E-state index contributed by atoms with van der Waals surface area (Å²) in [6, 6.07) is 0. The molecule has 0 aromatic carbocycles. The largest absolute Gasteiger partial charge is 0.508 e. The Labute approximate surface area is 53.3 Å². The highest BCUT2D eigenvalue weighted by atomic mass is 16.8. The minimum absolute atomic E-state index is 0.227. The second-order valence-corrected chi connectivity index (χ2v) is 1.65. The van der Waals surface area contributed by atoms with Crippen LogP contribution in [0.5, 0.6) is 0 Å². The number of cyclic esters (lactones) is 2. The van der Waals surface area contributed by atoms with Gasteiger partial charge in [0, 0.05) is 6.42 Å². The molecule has 0 saturated carbocycles. The number of hydrogen-bond donors (Lipinski definition) is 0. The second kappa shape index (κ2) is 2.53. The van der Waals surface area contributed by atoms with Crippen LogP contribution in [0.3, 0.4) is 0 Å². The van der Waals surface area contributed by atoms with Crippen molar-refractivity contribution in [3.8, 4) is 0 Å². The summed E-state index contributed by atoms with van der Waals surface area (Å²) in [5, 5.41) is 0. The highest BCUT2D eigenvalue weighted by Crippen LogP contribution is 2.08. The van der Waals surface area contributed by atoms with Crippen molar-refractivity contribution in [1.82, 2.24) is 0 Å². The molecule has 1 heterocycles. The van der Waals surface area contributed by atoms with Crippen LogP contribution in [0.15, 0.2) is 12.7 Å². The lowest BCUT2D eigenvalue weighted by Gasteiger charge is -1.97. The van der Waals surface area contributed by atoms with Crippen molar-refractivity contribution in [2.24, 2.45) is 0 Å². The Balaban J connectivity index is 2.29. The third-order valence-electron chi connectivity index (χ3n) is 0.964. The summed E-state index contributed by atoms with van der Waals surface area (Å²) in [7, 11) is 0. The van der Waals surface area contributed by atoms with E-state index in [9.17, 15) is 4.79 Å². The summed E-state index contributed by atoms with van der Waals surface area (Å²) < 4.78 is 9.09. The normalized spacial score (nSPS) is 24.9. The summed E-state index contributed by atoms with van der Waals surface area (Å²) in [5.41, 5.74) is 0. The number of ether oxygens (including phenoxy) is 2. The Hall–Kier alpha value is -0.990. The number of rotatable bonds is 2. The molecule has 1 radical (unpaired) electrons. The first-order valence-corrected chi connectivity index (χ1v) is 2.62. The maximum atomic E-state index is 10.2. The Kier molecular flexibility index (Phi) is 1.72. The fourth-order valence-electron chi connectivity index (χ4n) is 0.588. The van der Waals surface area contributed by atoms with Gasteiger partial charge >= 0.3 is 6.16 Å². The van der Waals surface area contributed by atoms with Crippen molar-refractivity contribution in [3.63, 3.8) is 0 Å². The Bertz CT molecular complexity index is 130. The van der Waals surface area contributed by atoms with Crippen LogP contribution in [0.1, 0.15) is 0 Å². The van der Waals surface area contributed by atoms with E-state index >= 15 is 0 Å². The first-order valence-electron chi connectivity index (χ1n) is 2.62. The molecule has 0 aromatic heterocycles. The number of carbonyl (C=O) groups excluding carboxylic acids is 1. The molecule has 0 amide bonds. The lowest BCUT2D eigenvalue weighted by Crippen LogP contribution is -2.08. The van der Waals surface area contributed by atoms with Crippen LogP contribution in [0.25, 0.3) is 0 Å². The summed E-state index contributed by atoms with van der Waals surface area (Å²) in [5.74, 6) is 0. The molecule has 3 nitrogen and oxygen atoms in total. The summed E-state index contributed by atoms with van der Waals surface area (Å²) >= 11 is 0. The molecule has 1 aliphatic heterocycles. The highest BCUT2D eigenvalue weighted by Gasteiger charge is 2.23. The predicted octanol–water partition coefficient (Wildman–Crippen LogP) is 0.912. The molecule has 1 atom stereocenters. The standard InChI is InChI=1S/C6H7O3/c1-2-3-5-4-8-6(7)9-5/h2-3,5H,1,4H2. The van der Waals surface area contributed by atoms with Crippen molar-refractivity contribution < 1.29 is 14.3 Å². The fourth-order valence-corrected chi connectivity index (χ4v) is 0.588. The monoisotopic (exact) mass is 127 g/mol. The van der Waals surface area contributed by atoms with Gasteiger partial charge in [-0.3, -0.25) is 0 Å². The Morgan fingerprint density at radius 3 is 3.00 bits per heavy atom. The average Bonchev–Trinajstić information content (AvgIpc) is 2.17. The molecule has 0 aliphatic carbocycles. The Morgan fingerprint density at radius 2 is 2.56 bits per heavy atom. The van der Waals surface area contributed by atoms with E-state index in [1.54, 1.807) is 12.5 Å². The van der Waals surface area contributed by atoms with Crippen LogP contribution in [0.4, 0.5) is 4.79 Å². The summed E-state index contributed by atoms with van der Waals surface area (Å²) in [6.45, 7) is 3.76. The van der Waals surface area contributed by atoms with E-state index in [4.69, 9.17) is 0 Å². The fraction of sp³-hybridized carbons (Fsp3) is 0.333.